The Morgan fingerprint density at radius 3 is 1.98 bits per heavy atom. The lowest BCUT2D eigenvalue weighted by molar-refractivity contribution is -0.202. The second kappa shape index (κ2) is 13.3. The third kappa shape index (κ3) is 6.64. The number of oxime groups is 1. The van der Waals surface area contributed by atoms with E-state index in [2.05, 4.69) is 5.16 Å². The Labute approximate surface area is 268 Å². The van der Waals surface area contributed by atoms with Gasteiger partial charge in [0, 0.05) is 54.8 Å². The van der Waals surface area contributed by atoms with Crippen LogP contribution >= 0.6 is 11.3 Å². The molecule has 2 heterocycles. The van der Waals surface area contributed by atoms with E-state index >= 15 is 0 Å². The summed E-state index contributed by atoms with van der Waals surface area (Å²) < 4.78 is 2.04. The van der Waals surface area contributed by atoms with E-state index in [1.54, 1.807) is 38.1 Å². The number of hydrogen-bond acceptors (Lipinski definition) is 9. The molecule has 46 heavy (non-hydrogen) atoms. The molecule has 0 fully saturated rings. The van der Waals surface area contributed by atoms with Crippen LogP contribution in [0.2, 0.25) is 0 Å². The highest BCUT2D eigenvalue weighted by Gasteiger charge is 2.24. The third-order valence-electron chi connectivity index (χ3n) is 7.37. The minimum absolute atomic E-state index is 0.0746. The number of carbonyl (C=O) groups is 5. The Morgan fingerprint density at radius 2 is 1.41 bits per heavy atom. The summed E-state index contributed by atoms with van der Waals surface area (Å²) in [5.74, 6) is -2.00. The van der Waals surface area contributed by atoms with Gasteiger partial charge in [-0.3, -0.25) is 19.2 Å². The summed E-state index contributed by atoms with van der Waals surface area (Å²) >= 11 is 1.37. The maximum absolute atomic E-state index is 13.5. The fourth-order valence-electron chi connectivity index (χ4n) is 5.28. The largest absolute Gasteiger partial charge is 0.338 e. The van der Waals surface area contributed by atoms with Crippen LogP contribution in [0.4, 0.5) is 0 Å². The molecule has 1 atom stereocenters. The standard InChI is InChI=1S/C35H31N3O7S/c1-20(38(22(3)39)45-24(5)41)17-33(42)26-10-14-31-29(18-26)30-19-27(35(43)34-7-6-16-46-34)11-15-32(30)37(31)28-12-8-25(9-13-28)21(2)36-44-23(4)40/h6-16,18-20H,17H2,1-5H3. The van der Waals surface area contributed by atoms with Gasteiger partial charge in [0.15, 0.2) is 5.78 Å². The molecule has 234 valence electrons. The predicted octanol–water partition coefficient (Wildman–Crippen LogP) is 6.65. The molecule has 0 spiro atoms. The number of rotatable bonds is 9. The van der Waals surface area contributed by atoms with E-state index in [1.807, 2.05) is 58.5 Å². The zero-order chi connectivity index (χ0) is 33.1. The van der Waals surface area contributed by atoms with E-state index in [4.69, 9.17) is 9.68 Å². The molecule has 1 unspecified atom stereocenters. The molecule has 0 aliphatic carbocycles. The van der Waals surface area contributed by atoms with Crippen molar-refractivity contribution in [1.82, 2.24) is 9.63 Å². The molecule has 0 aliphatic heterocycles. The smallest absolute Gasteiger partial charge is 0.331 e. The number of carbonyl (C=O) groups excluding carboxylic acids is 5. The van der Waals surface area contributed by atoms with Gasteiger partial charge in [0.1, 0.15) is 0 Å². The van der Waals surface area contributed by atoms with E-state index in [0.717, 1.165) is 38.1 Å². The Morgan fingerprint density at radius 1 is 0.804 bits per heavy atom. The highest BCUT2D eigenvalue weighted by atomic mass is 32.1. The normalized spacial score (nSPS) is 12.2. The maximum atomic E-state index is 13.5. The lowest BCUT2D eigenvalue weighted by atomic mass is 10.0. The summed E-state index contributed by atoms with van der Waals surface area (Å²) in [6.07, 6.45) is -0.0746. The first-order valence-corrected chi connectivity index (χ1v) is 15.3. The van der Waals surface area contributed by atoms with Crippen LogP contribution in [-0.4, -0.2) is 50.8 Å². The van der Waals surface area contributed by atoms with E-state index < -0.39 is 23.9 Å². The molecular weight excluding hydrogens is 606 g/mol. The van der Waals surface area contributed by atoms with E-state index in [0.29, 0.717) is 21.7 Å². The molecule has 0 bridgehead atoms. The lowest BCUT2D eigenvalue weighted by Crippen LogP contribution is -2.39. The van der Waals surface area contributed by atoms with Crippen LogP contribution in [0.3, 0.4) is 0 Å². The van der Waals surface area contributed by atoms with Crippen LogP contribution < -0.4 is 0 Å². The average molecular weight is 638 g/mol. The van der Waals surface area contributed by atoms with Gasteiger partial charge in [-0.25, -0.2) is 4.79 Å². The molecule has 10 nitrogen and oxygen atoms in total. The number of benzene rings is 3. The van der Waals surface area contributed by atoms with Crippen molar-refractivity contribution in [2.45, 2.75) is 47.1 Å². The first-order valence-electron chi connectivity index (χ1n) is 14.5. The summed E-state index contributed by atoms with van der Waals surface area (Å²) in [5, 5.41) is 8.17. The number of hydrogen-bond donors (Lipinski definition) is 0. The fourth-order valence-corrected chi connectivity index (χ4v) is 5.96. The van der Waals surface area contributed by atoms with Crippen LogP contribution in [0.1, 0.15) is 72.2 Å². The van der Waals surface area contributed by atoms with Gasteiger partial charge in [0.25, 0.3) is 5.91 Å². The fraction of sp³-hybridized carbons (Fsp3) is 0.200. The number of fused-ring (bicyclic) bond motifs is 3. The van der Waals surface area contributed by atoms with Gasteiger partial charge in [0.05, 0.1) is 27.7 Å². The summed E-state index contributed by atoms with van der Waals surface area (Å²) in [4.78, 5) is 72.0. The number of hydroxylamine groups is 2. The van der Waals surface area contributed by atoms with Gasteiger partial charge < -0.3 is 14.2 Å². The molecule has 0 saturated heterocycles. The van der Waals surface area contributed by atoms with Crippen LogP contribution in [0.15, 0.2) is 83.3 Å². The Balaban J connectivity index is 1.60. The van der Waals surface area contributed by atoms with Crippen LogP contribution in [0.5, 0.6) is 0 Å². The monoisotopic (exact) mass is 637 g/mol. The first kappa shape index (κ1) is 32.0. The molecule has 5 aromatic rings. The molecule has 0 aliphatic rings. The number of amides is 1. The van der Waals surface area contributed by atoms with Crippen LogP contribution in [-0.2, 0) is 24.1 Å². The van der Waals surface area contributed by atoms with Crippen molar-refractivity contribution in [1.29, 1.82) is 0 Å². The predicted molar refractivity (Wildman–Crippen MR) is 175 cm³/mol. The molecule has 0 N–H and O–H groups in total. The van der Waals surface area contributed by atoms with E-state index in [9.17, 15) is 24.0 Å². The van der Waals surface area contributed by atoms with Crippen molar-refractivity contribution in [3.63, 3.8) is 0 Å². The molecule has 2 aromatic heterocycles. The second-order valence-electron chi connectivity index (χ2n) is 10.8. The Kier molecular flexibility index (Phi) is 9.24. The molecular formula is C35H31N3O7S. The van der Waals surface area contributed by atoms with E-state index in [-0.39, 0.29) is 18.0 Å². The van der Waals surface area contributed by atoms with Crippen LogP contribution in [0.25, 0.3) is 27.5 Å². The summed E-state index contributed by atoms with van der Waals surface area (Å²) in [6.45, 7) is 7.12. The number of nitrogens with zero attached hydrogens (tertiary/aromatic N) is 3. The van der Waals surface area contributed by atoms with Gasteiger partial charge in [-0.05, 0) is 79.4 Å². The molecule has 5 rings (SSSR count). The molecule has 3 aromatic carbocycles. The van der Waals surface area contributed by atoms with Crippen molar-refractivity contribution < 1.29 is 33.6 Å². The van der Waals surface area contributed by atoms with Gasteiger partial charge in [0.2, 0.25) is 5.78 Å². The molecule has 1 amide bonds. The van der Waals surface area contributed by atoms with E-state index in [1.165, 1.54) is 32.1 Å². The molecule has 0 radical (unpaired) electrons. The summed E-state index contributed by atoms with van der Waals surface area (Å²) in [6, 6.07) is 21.4. The summed E-state index contributed by atoms with van der Waals surface area (Å²) in [5.41, 5.74) is 4.69. The highest BCUT2D eigenvalue weighted by molar-refractivity contribution is 7.12. The van der Waals surface area contributed by atoms with Crippen LogP contribution in [0, 0.1) is 0 Å². The Hall–Kier alpha value is -5.42. The molecule has 11 heteroatoms. The SMILES string of the molecule is CC(=O)ON=C(C)c1ccc(-n2c3ccc(C(=O)CC(C)N(OC(C)=O)C(C)=O)cc3c3cc(C(=O)c4cccs4)ccc32)cc1. The van der Waals surface area contributed by atoms with Crippen molar-refractivity contribution in [3.05, 3.63) is 99.7 Å². The average Bonchev–Trinajstić information content (AvgIpc) is 3.68. The van der Waals surface area contributed by atoms with Gasteiger partial charge >= 0.3 is 11.9 Å². The van der Waals surface area contributed by atoms with Gasteiger partial charge in [-0.15, -0.1) is 11.3 Å². The van der Waals surface area contributed by atoms with Crippen molar-refractivity contribution in [2.24, 2.45) is 5.16 Å². The van der Waals surface area contributed by atoms with Gasteiger partial charge in [-0.1, -0.05) is 23.4 Å². The molecule has 0 saturated carbocycles. The zero-order valence-electron chi connectivity index (χ0n) is 25.9. The topological polar surface area (TPSA) is 124 Å². The minimum Gasteiger partial charge on any atom is -0.338 e. The summed E-state index contributed by atoms with van der Waals surface area (Å²) in [7, 11) is 0. The Bertz CT molecular complexity index is 2020. The third-order valence-corrected chi connectivity index (χ3v) is 8.24. The zero-order valence-corrected chi connectivity index (χ0v) is 26.7. The number of aromatic nitrogens is 1. The van der Waals surface area contributed by atoms with Gasteiger partial charge in [-0.2, -0.15) is 5.06 Å². The highest BCUT2D eigenvalue weighted by Crippen LogP contribution is 2.34. The second-order valence-corrected chi connectivity index (χ2v) is 11.8. The quantitative estimate of drug-likeness (QED) is 0.0767. The number of Topliss-reactive ketones (excluding diaryl/α,β-unsaturated/α-hetero) is 1. The number of thiophene rings is 1. The lowest BCUT2D eigenvalue weighted by Gasteiger charge is -2.25. The van der Waals surface area contributed by atoms with Crippen molar-refractivity contribution >= 4 is 68.3 Å². The maximum Gasteiger partial charge on any atom is 0.331 e. The minimum atomic E-state index is -0.688. The van der Waals surface area contributed by atoms with Crippen molar-refractivity contribution in [2.75, 3.05) is 0 Å². The van der Waals surface area contributed by atoms with Crippen molar-refractivity contribution in [3.8, 4) is 5.69 Å². The first-order chi connectivity index (χ1) is 21.9. The number of ketones is 2.